The van der Waals surface area contributed by atoms with Crippen molar-refractivity contribution in [3.8, 4) is 0 Å². The SMILES string of the molecule is CCOC(=O)C(C)(N)CCCN(C)CCc1ccccc1. The van der Waals surface area contributed by atoms with Crippen LogP contribution in [-0.2, 0) is 16.0 Å². The van der Waals surface area contributed by atoms with E-state index in [2.05, 4.69) is 36.2 Å². The fourth-order valence-electron chi connectivity index (χ4n) is 2.19. The van der Waals surface area contributed by atoms with E-state index < -0.39 is 5.54 Å². The predicted octanol–water partition coefficient (Wildman–Crippen LogP) is 2.22. The predicted molar refractivity (Wildman–Crippen MR) is 86.1 cm³/mol. The molecule has 1 unspecified atom stereocenters. The number of likely N-dealkylation sites (N-methyl/N-ethyl adjacent to an activating group) is 1. The molecule has 0 saturated carbocycles. The van der Waals surface area contributed by atoms with Gasteiger partial charge in [0.05, 0.1) is 6.61 Å². The van der Waals surface area contributed by atoms with Crippen LogP contribution >= 0.6 is 0 Å². The van der Waals surface area contributed by atoms with Gasteiger partial charge in [-0.1, -0.05) is 30.3 Å². The van der Waals surface area contributed by atoms with Crippen molar-refractivity contribution in [3.63, 3.8) is 0 Å². The van der Waals surface area contributed by atoms with Crippen LogP contribution in [0.2, 0.25) is 0 Å². The second-order valence-corrected chi connectivity index (χ2v) is 5.78. The van der Waals surface area contributed by atoms with Gasteiger partial charge in [0.25, 0.3) is 0 Å². The monoisotopic (exact) mass is 292 g/mol. The number of rotatable bonds is 9. The van der Waals surface area contributed by atoms with Crippen molar-refractivity contribution in [2.24, 2.45) is 5.73 Å². The molecule has 1 aromatic carbocycles. The molecule has 21 heavy (non-hydrogen) atoms. The first-order valence-corrected chi connectivity index (χ1v) is 7.64. The number of hydrogen-bond donors (Lipinski definition) is 1. The van der Waals surface area contributed by atoms with Gasteiger partial charge in [0, 0.05) is 6.54 Å². The standard InChI is InChI=1S/C17H28N2O2/c1-4-21-16(20)17(2,18)12-8-13-19(3)14-11-15-9-6-5-7-10-15/h5-7,9-10H,4,8,11-14,18H2,1-3H3. The summed E-state index contributed by atoms with van der Waals surface area (Å²) in [4.78, 5) is 14.0. The van der Waals surface area contributed by atoms with E-state index in [-0.39, 0.29) is 5.97 Å². The number of nitrogens with zero attached hydrogens (tertiary/aromatic N) is 1. The maximum absolute atomic E-state index is 11.7. The van der Waals surface area contributed by atoms with Crippen LogP contribution in [0.4, 0.5) is 0 Å². The molecule has 0 bridgehead atoms. The highest BCUT2D eigenvalue weighted by Crippen LogP contribution is 2.12. The van der Waals surface area contributed by atoms with Gasteiger partial charge in [-0.15, -0.1) is 0 Å². The molecular weight excluding hydrogens is 264 g/mol. The zero-order valence-electron chi connectivity index (χ0n) is 13.5. The summed E-state index contributed by atoms with van der Waals surface area (Å²) in [7, 11) is 2.10. The first kappa shape index (κ1) is 17.7. The van der Waals surface area contributed by atoms with Crippen LogP contribution in [0.1, 0.15) is 32.3 Å². The lowest BCUT2D eigenvalue weighted by atomic mass is 9.97. The highest BCUT2D eigenvalue weighted by atomic mass is 16.5. The summed E-state index contributed by atoms with van der Waals surface area (Å²) >= 11 is 0. The lowest BCUT2D eigenvalue weighted by Crippen LogP contribution is -2.46. The smallest absolute Gasteiger partial charge is 0.325 e. The molecule has 0 aromatic heterocycles. The molecule has 0 saturated heterocycles. The number of ether oxygens (including phenoxy) is 1. The molecule has 4 heteroatoms. The van der Waals surface area contributed by atoms with Crippen molar-refractivity contribution >= 4 is 5.97 Å². The summed E-state index contributed by atoms with van der Waals surface area (Å²) in [5.41, 5.74) is 6.47. The van der Waals surface area contributed by atoms with Gasteiger partial charge in [-0.2, -0.15) is 0 Å². The number of esters is 1. The lowest BCUT2D eigenvalue weighted by molar-refractivity contribution is -0.149. The highest BCUT2D eigenvalue weighted by molar-refractivity contribution is 5.79. The quantitative estimate of drug-likeness (QED) is 0.709. The van der Waals surface area contributed by atoms with Gasteiger partial charge < -0.3 is 15.4 Å². The molecule has 1 rings (SSSR count). The van der Waals surface area contributed by atoms with E-state index in [1.807, 2.05) is 6.07 Å². The highest BCUT2D eigenvalue weighted by Gasteiger charge is 2.29. The van der Waals surface area contributed by atoms with Crippen LogP contribution in [-0.4, -0.2) is 43.2 Å². The van der Waals surface area contributed by atoms with Crippen LogP contribution in [0.25, 0.3) is 0 Å². The van der Waals surface area contributed by atoms with Crippen molar-refractivity contribution in [1.82, 2.24) is 4.90 Å². The summed E-state index contributed by atoms with van der Waals surface area (Å²) in [5, 5.41) is 0. The summed E-state index contributed by atoms with van der Waals surface area (Å²) in [6.07, 6.45) is 2.56. The number of carbonyl (C=O) groups excluding carboxylic acids is 1. The fourth-order valence-corrected chi connectivity index (χ4v) is 2.19. The number of carbonyl (C=O) groups is 1. The molecule has 118 valence electrons. The van der Waals surface area contributed by atoms with Crippen LogP contribution < -0.4 is 5.73 Å². The zero-order chi connectivity index (χ0) is 15.7. The van der Waals surface area contributed by atoms with Gasteiger partial charge in [-0.3, -0.25) is 4.79 Å². The van der Waals surface area contributed by atoms with E-state index in [0.29, 0.717) is 13.0 Å². The molecule has 0 fully saturated rings. The average Bonchev–Trinajstić information content (AvgIpc) is 2.46. The maximum Gasteiger partial charge on any atom is 0.325 e. The third-order valence-corrected chi connectivity index (χ3v) is 3.60. The Kier molecular flexibility index (Phi) is 7.40. The van der Waals surface area contributed by atoms with E-state index in [1.54, 1.807) is 13.8 Å². The van der Waals surface area contributed by atoms with Gasteiger partial charge in [-0.25, -0.2) is 0 Å². The topological polar surface area (TPSA) is 55.6 Å². The number of benzene rings is 1. The van der Waals surface area contributed by atoms with Crippen LogP contribution in [0.15, 0.2) is 30.3 Å². The molecule has 4 nitrogen and oxygen atoms in total. The first-order valence-electron chi connectivity index (χ1n) is 7.64. The molecule has 0 aliphatic rings. The van der Waals surface area contributed by atoms with Crippen LogP contribution in [0, 0.1) is 0 Å². The third kappa shape index (κ3) is 6.74. The Morgan fingerprint density at radius 3 is 2.57 bits per heavy atom. The van der Waals surface area contributed by atoms with Gasteiger partial charge in [0.15, 0.2) is 0 Å². The second-order valence-electron chi connectivity index (χ2n) is 5.78. The van der Waals surface area contributed by atoms with E-state index in [4.69, 9.17) is 10.5 Å². The van der Waals surface area contributed by atoms with Crippen molar-refractivity contribution in [3.05, 3.63) is 35.9 Å². The van der Waals surface area contributed by atoms with E-state index >= 15 is 0 Å². The molecule has 0 aliphatic carbocycles. The summed E-state index contributed by atoms with van der Waals surface area (Å²) in [6, 6.07) is 10.4. The summed E-state index contributed by atoms with van der Waals surface area (Å²) < 4.78 is 4.99. The van der Waals surface area contributed by atoms with Gasteiger partial charge in [-0.05, 0) is 52.3 Å². The first-order chi connectivity index (χ1) is 9.95. The number of nitrogens with two attached hydrogens (primary N) is 1. The maximum atomic E-state index is 11.7. The van der Waals surface area contributed by atoms with Crippen LogP contribution in [0.5, 0.6) is 0 Å². The molecular formula is C17H28N2O2. The normalized spacial score (nSPS) is 14.0. The summed E-state index contributed by atoms with van der Waals surface area (Å²) in [5.74, 6) is -0.308. The second kappa shape index (κ2) is 8.80. The summed E-state index contributed by atoms with van der Waals surface area (Å²) in [6.45, 7) is 5.85. The minimum Gasteiger partial charge on any atom is -0.465 e. The Hall–Kier alpha value is -1.39. The molecule has 0 heterocycles. The Balaban J connectivity index is 2.24. The molecule has 1 aromatic rings. The van der Waals surface area contributed by atoms with Crippen molar-refractivity contribution in [1.29, 1.82) is 0 Å². The third-order valence-electron chi connectivity index (χ3n) is 3.60. The van der Waals surface area contributed by atoms with E-state index in [0.717, 1.165) is 25.9 Å². The van der Waals surface area contributed by atoms with Gasteiger partial charge >= 0.3 is 5.97 Å². The Bertz CT molecular complexity index is 418. The van der Waals surface area contributed by atoms with Crippen LogP contribution in [0.3, 0.4) is 0 Å². The Labute approximate surface area is 128 Å². The molecule has 0 aliphatic heterocycles. The average molecular weight is 292 g/mol. The van der Waals surface area contributed by atoms with E-state index in [9.17, 15) is 4.79 Å². The van der Waals surface area contributed by atoms with Crippen molar-refractivity contribution < 1.29 is 9.53 Å². The lowest BCUT2D eigenvalue weighted by Gasteiger charge is -2.24. The Morgan fingerprint density at radius 1 is 1.29 bits per heavy atom. The largest absolute Gasteiger partial charge is 0.465 e. The zero-order valence-corrected chi connectivity index (χ0v) is 13.5. The van der Waals surface area contributed by atoms with Crippen molar-refractivity contribution in [2.75, 3.05) is 26.7 Å². The molecule has 0 radical (unpaired) electrons. The van der Waals surface area contributed by atoms with Crippen molar-refractivity contribution in [2.45, 2.75) is 38.6 Å². The van der Waals surface area contributed by atoms with E-state index in [1.165, 1.54) is 5.56 Å². The Morgan fingerprint density at radius 2 is 1.95 bits per heavy atom. The van der Waals surface area contributed by atoms with Gasteiger partial charge in [0.2, 0.25) is 0 Å². The minimum atomic E-state index is -0.879. The molecule has 0 amide bonds. The molecule has 1 atom stereocenters. The molecule has 0 spiro atoms. The minimum absolute atomic E-state index is 0.308. The number of hydrogen-bond acceptors (Lipinski definition) is 4. The molecule has 2 N–H and O–H groups in total. The fraction of sp³-hybridized carbons (Fsp3) is 0.588. The van der Waals surface area contributed by atoms with Gasteiger partial charge in [0.1, 0.15) is 5.54 Å².